The third-order valence-electron chi connectivity index (χ3n) is 5.42. The lowest BCUT2D eigenvalue weighted by Gasteiger charge is -2.34. The van der Waals surface area contributed by atoms with Crippen LogP contribution in [0.1, 0.15) is 49.0 Å². The summed E-state index contributed by atoms with van der Waals surface area (Å²) in [5.74, 6) is 1.16. The summed E-state index contributed by atoms with van der Waals surface area (Å²) in [6.45, 7) is 5.43. The van der Waals surface area contributed by atoms with Crippen molar-refractivity contribution < 1.29 is 9.32 Å². The van der Waals surface area contributed by atoms with E-state index in [9.17, 15) is 4.79 Å². The molecule has 1 aromatic heterocycles. The number of hydrogen-bond donors (Lipinski definition) is 1. The first-order valence-corrected chi connectivity index (χ1v) is 9.82. The molecule has 0 saturated carbocycles. The van der Waals surface area contributed by atoms with E-state index in [1.807, 2.05) is 11.0 Å². The van der Waals surface area contributed by atoms with Gasteiger partial charge in [-0.25, -0.2) is 4.79 Å². The Morgan fingerprint density at radius 3 is 2.81 bits per heavy atom. The standard InChI is InChI=1S/C20H27N5O2/c1-15-21-19(27-23-15)18-10-6-12-25(18)20(26)22-17-9-5-11-24(14-17)13-16-7-3-2-4-8-16/h2-4,7-8,17-18H,5-6,9-14H2,1H3,(H,22,26)/t17-,18-/m0/s1. The van der Waals surface area contributed by atoms with E-state index in [-0.39, 0.29) is 18.1 Å². The molecule has 27 heavy (non-hydrogen) atoms. The van der Waals surface area contributed by atoms with E-state index in [0.29, 0.717) is 11.7 Å². The van der Waals surface area contributed by atoms with Gasteiger partial charge in [0.25, 0.3) is 0 Å². The number of hydrogen-bond acceptors (Lipinski definition) is 5. The van der Waals surface area contributed by atoms with Crippen molar-refractivity contribution in [2.24, 2.45) is 0 Å². The first-order chi connectivity index (χ1) is 13.2. The average molecular weight is 369 g/mol. The molecule has 0 aliphatic carbocycles. The minimum Gasteiger partial charge on any atom is -0.337 e. The molecule has 7 nitrogen and oxygen atoms in total. The van der Waals surface area contributed by atoms with Crippen molar-refractivity contribution >= 4 is 6.03 Å². The number of likely N-dealkylation sites (tertiary alicyclic amines) is 2. The van der Waals surface area contributed by atoms with Gasteiger partial charge in [0.15, 0.2) is 5.82 Å². The zero-order valence-corrected chi connectivity index (χ0v) is 15.8. The first kappa shape index (κ1) is 18.0. The molecular weight excluding hydrogens is 342 g/mol. The summed E-state index contributed by atoms with van der Waals surface area (Å²) in [5.41, 5.74) is 1.32. The predicted octanol–water partition coefficient (Wildman–Crippen LogP) is 2.89. The van der Waals surface area contributed by atoms with Crippen LogP contribution in [-0.4, -0.2) is 51.6 Å². The van der Waals surface area contributed by atoms with Crippen LogP contribution in [0.5, 0.6) is 0 Å². The lowest BCUT2D eigenvalue weighted by molar-refractivity contribution is 0.155. The summed E-state index contributed by atoms with van der Waals surface area (Å²) in [4.78, 5) is 21.5. The van der Waals surface area contributed by atoms with Crippen LogP contribution in [0, 0.1) is 6.92 Å². The monoisotopic (exact) mass is 369 g/mol. The lowest BCUT2D eigenvalue weighted by Crippen LogP contribution is -2.51. The summed E-state index contributed by atoms with van der Waals surface area (Å²) in [5, 5.41) is 7.11. The van der Waals surface area contributed by atoms with Gasteiger partial charge in [-0.05, 0) is 44.7 Å². The fourth-order valence-electron chi connectivity index (χ4n) is 4.13. The largest absolute Gasteiger partial charge is 0.337 e. The number of nitrogens with zero attached hydrogens (tertiary/aromatic N) is 4. The molecule has 0 bridgehead atoms. The number of amides is 2. The van der Waals surface area contributed by atoms with E-state index in [1.54, 1.807) is 6.92 Å². The maximum atomic E-state index is 12.9. The van der Waals surface area contributed by atoms with Crippen molar-refractivity contribution in [3.8, 4) is 0 Å². The number of piperidine rings is 1. The molecular formula is C20H27N5O2. The minimum atomic E-state index is -0.102. The molecule has 2 aromatic rings. The van der Waals surface area contributed by atoms with Crippen LogP contribution in [0.4, 0.5) is 4.79 Å². The maximum Gasteiger partial charge on any atom is 0.318 e. The van der Waals surface area contributed by atoms with Gasteiger partial charge in [-0.3, -0.25) is 4.90 Å². The van der Waals surface area contributed by atoms with Gasteiger partial charge in [-0.2, -0.15) is 4.98 Å². The Kier molecular flexibility index (Phi) is 5.38. The van der Waals surface area contributed by atoms with Crippen LogP contribution in [0.15, 0.2) is 34.9 Å². The molecule has 1 N–H and O–H groups in total. The smallest absolute Gasteiger partial charge is 0.318 e. The zero-order valence-electron chi connectivity index (χ0n) is 15.8. The van der Waals surface area contributed by atoms with Crippen molar-refractivity contribution in [2.45, 2.75) is 51.2 Å². The molecule has 1 aromatic carbocycles. The van der Waals surface area contributed by atoms with Gasteiger partial charge >= 0.3 is 6.03 Å². The zero-order chi connectivity index (χ0) is 18.6. The molecule has 4 rings (SSSR count). The highest BCUT2D eigenvalue weighted by Gasteiger charge is 2.35. The number of benzene rings is 1. The molecule has 2 atom stereocenters. The van der Waals surface area contributed by atoms with E-state index < -0.39 is 0 Å². The van der Waals surface area contributed by atoms with Crippen molar-refractivity contribution in [2.75, 3.05) is 19.6 Å². The Morgan fingerprint density at radius 1 is 1.22 bits per heavy atom. The number of carbonyl (C=O) groups is 1. The van der Waals surface area contributed by atoms with Gasteiger partial charge in [0.2, 0.25) is 5.89 Å². The maximum absolute atomic E-state index is 12.9. The molecule has 0 unspecified atom stereocenters. The quantitative estimate of drug-likeness (QED) is 0.897. The van der Waals surface area contributed by atoms with E-state index in [0.717, 1.165) is 51.9 Å². The molecule has 3 heterocycles. The third kappa shape index (κ3) is 4.30. The minimum absolute atomic E-state index is 0.0140. The highest BCUT2D eigenvalue weighted by molar-refractivity contribution is 5.75. The first-order valence-electron chi connectivity index (χ1n) is 9.82. The van der Waals surface area contributed by atoms with Crippen LogP contribution in [0.3, 0.4) is 0 Å². The molecule has 0 spiro atoms. The summed E-state index contributed by atoms with van der Waals surface area (Å²) >= 11 is 0. The fraction of sp³-hybridized carbons (Fsp3) is 0.550. The Bertz CT molecular complexity index is 763. The summed E-state index contributed by atoms with van der Waals surface area (Å²) < 4.78 is 5.31. The highest BCUT2D eigenvalue weighted by atomic mass is 16.5. The molecule has 144 valence electrons. The van der Waals surface area contributed by atoms with E-state index in [1.165, 1.54) is 5.56 Å². The Labute approximate surface area is 159 Å². The van der Waals surface area contributed by atoms with Crippen molar-refractivity contribution in [1.82, 2.24) is 25.3 Å². The van der Waals surface area contributed by atoms with Gasteiger partial charge in [0.1, 0.15) is 6.04 Å². The van der Waals surface area contributed by atoms with Crippen molar-refractivity contribution in [3.63, 3.8) is 0 Å². The number of carbonyl (C=O) groups excluding carboxylic acids is 1. The second-order valence-corrected chi connectivity index (χ2v) is 7.54. The Hall–Kier alpha value is -2.41. The molecule has 2 aliphatic heterocycles. The third-order valence-corrected chi connectivity index (χ3v) is 5.42. The number of urea groups is 1. The fourth-order valence-corrected chi connectivity index (χ4v) is 4.13. The molecule has 7 heteroatoms. The number of aryl methyl sites for hydroxylation is 1. The Balaban J connectivity index is 1.34. The number of aromatic nitrogens is 2. The van der Waals surface area contributed by atoms with E-state index in [4.69, 9.17) is 4.52 Å². The molecule has 0 radical (unpaired) electrons. The van der Waals surface area contributed by atoms with E-state index >= 15 is 0 Å². The lowest BCUT2D eigenvalue weighted by atomic mass is 10.0. The normalized spacial score (nSPS) is 23.5. The topological polar surface area (TPSA) is 74.5 Å². The van der Waals surface area contributed by atoms with Crippen LogP contribution in [0.2, 0.25) is 0 Å². The molecule has 2 fully saturated rings. The molecule has 2 saturated heterocycles. The number of nitrogens with one attached hydrogen (secondary N) is 1. The van der Waals surface area contributed by atoms with Crippen LogP contribution in [-0.2, 0) is 6.54 Å². The second kappa shape index (κ2) is 8.08. The highest BCUT2D eigenvalue weighted by Crippen LogP contribution is 2.31. The number of rotatable bonds is 4. The summed E-state index contributed by atoms with van der Waals surface area (Å²) in [6.07, 6.45) is 3.96. The summed E-state index contributed by atoms with van der Waals surface area (Å²) in [7, 11) is 0. The second-order valence-electron chi connectivity index (χ2n) is 7.54. The van der Waals surface area contributed by atoms with Gasteiger partial charge in [-0.15, -0.1) is 0 Å². The van der Waals surface area contributed by atoms with Gasteiger partial charge in [0.05, 0.1) is 0 Å². The predicted molar refractivity (Wildman–Crippen MR) is 101 cm³/mol. The summed E-state index contributed by atoms with van der Waals surface area (Å²) in [6, 6.07) is 10.6. The van der Waals surface area contributed by atoms with Crippen molar-refractivity contribution in [3.05, 3.63) is 47.6 Å². The van der Waals surface area contributed by atoms with Gasteiger partial charge in [0, 0.05) is 25.7 Å². The van der Waals surface area contributed by atoms with Crippen LogP contribution >= 0.6 is 0 Å². The van der Waals surface area contributed by atoms with Crippen LogP contribution in [0.25, 0.3) is 0 Å². The average Bonchev–Trinajstić information content (AvgIpc) is 3.31. The van der Waals surface area contributed by atoms with E-state index in [2.05, 4.69) is 44.6 Å². The SMILES string of the molecule is Cc1noc([C@@H]2CCCN2C(=O)N[C@H]2CCCN(Cc3ccccc3)C2)n1. The van der Waals surface area contributed by atoms with Crippen molar-refractivity contribution in [1.29, 1.82) is 0 Å². The Morgan fingerprint density at radius 2 is 2.04 bits per heavy atom. The van der Waals surface area contributed by atoms with Gasteiger partial charge in [-0.1, -0.05) is 35.5 Å². The molecule has 2 amide bonds. The van der Waals surface area contributed by atoms with Gasteiger partial charge < -0.3 is 14.7 Å². The molecule has 2 aliphatic rings. The van der Waals surface area contributed by atoms with Crippen LogP contribution < -0.4 is 5.32 Å².